The van der Waals surface area contributed by atoms with Crippen molar-refractivity contribution in [3.8, 4) is 0 Å². The molecule has 6 N–H and O–H groups in total. The maximum absolute atomic E-state index is 12.7. The predicted octanol–water partition coefficient (Wildman–Crippen LogP) is -0.781. The summed E-state index contributed by atoms with van der Waals surface area (Å²) in [5.41, 5.74) is 6.92. The number of nitrogens with one attached hydrogen (secondary N) is 2. The number of aliphatic hydroxyl groups is 2. The fraction of sp³-hybridized carbons (Fsp3) is 0.737. The molecule has 8 unspecified atom stereocenters. The van der Waals surface area contributed by atoms with E-state index in [-0.39, 0.29) is 12.5 Å². The van der Waals surface area contributed by atoms with Crippen LogP contribution in [0.15, 0.2) is 27.0 Å². The third kappa shape index (κ3) is 8.32. The minimum absolute atomic E-state index is 0.186. The molecule has 11 atom stereocenters. The predicted molar refractivity (Wildman–Crippen MR) is 134 cm³/mol. The zero-order valence-electron chi connectivity index (χ0n) is 21.8. The van der Waals surface area contributed by atoms with E-state index in [0.29, 0.717) is 0 Å². The van der Waals surface area contributed by atoms with Gasteiger partial charge in [0.2, 0.25) is 5.91 Å². The van der Waals surface area contributed by atoms with Gasteiger partial charge in [0.15, 0.2) is 12.5 Å². The molecule has 20 nitrogen and oxygen atoms in total. The van der Waals surface area contributed by atoms with Crippen molar-refractivity contribution in [3.63, 3.8) is 0 Å². The summed E-state index contributed by atoms with van der Waals surface area (Å²) in [4.78, 5) is 59.8. The Morgan fingerprint density at radius 3 is 2.46 bits per heavy atom. The summed E-state index contributed by atoms with van der Waals surface area (Å²) in [6, 6.07) is -0.0700. The standard InChI is InChI=1S/C19H30N6O14P2/c1-8-9(2)14(22-10(3)26)18(37-11(8)6-21-24-20)38-41(33,34)39-40(31,32)35-7-12-15(28)16(29)17(36-12)25-5-4-13(27)23-19(25)30/h4-5,8-9,11-12,14-18,28-29H,6-7H2,1-3H3,(H,22,26)(H,31,32)(H,33,34)(H,23,27,30)/t8?,9?,11?,12-,14?,15?,16+,17-,18?/m1/s1. The van der Waals surface area contributed by atoms with Gasteiger partial charge in [0.05, 0.1) is 25.3 Å². The molecule has 2 aliphatic heterocycles. The number of rotatable bonds is 11. The first-order chi connectivity index (χ1) is 19.0. The highest BCUT2D eigenvalue weighted by Crippen LogP contribution is 2.61. The molecule has 22 heteroatoms. The topological polar surface area (TPSA) is 294 Å². The van der Waals surface area contributed by atoms with Crippen LogP contribution in [0.3, 0.4) is 0 Å². The molecule has 2 saturated heterocycles. The number of nitrogens with zero attached hydrogens (tertiary/aromatic N) is 4. The third-order valence-corrected chi connectivity index (χ3v) is 9.19. The van der Waals surface area contributed by atoms with E-state index in [2.05, 4.69) is 24.2 Å². The highest BCUT2D eigenvalue weighted by Gasteiger charge is 2.49. The number of aliphatic hydroxyl groups excluding tert-OH is 2. The lowest BCUT2D eigenvalue weighted by Gasteiger charge is -2.44. The van der Waals surface area contributed by atoms with Crippen molar-refractivity contribution in [2.75, 3.05) is 13.2 Å². The van der Waals surface area contributed by atoms with Gasteiger partial charge in [-0.3, -0.25) is 28.2 Å². The van der Waals surface area contributed by atoms with E-state index in [0.717, 1.165) is 16.8 Å². The summed E-state index contributed by atoms with van der Waals surface area (Å²) in [5.74, 6) is -1.32. The number of ether oxygens (including phenoxy) is 2. The van der Waals surface area contributed by atoms with Gasteiger partial charge in [-0.25, -0.2) is 13.9 Å². The van der Waals surface area contributed by atoms with Gasteiger partial charge in [0, 0.05) is 24.1 Å². The summed E-state index contributed by atoms with van der Waals surface area (Å²) in [5, 5.41) is 26.4. The monoisotopic (exact) mass is 628 g/mol. The fourth-order valence-corrected chi connectivity index (χ4v) is 6.51. The molecule has 3 rings (SSSR count). The Balaban J connectivity index is 1.68. The summed E-state index contributed by atoms with van der Waals surface area (Å²) in [6.07, 6.45) is -8.07. The number of phosphoric acid groups is 2. The van der Waals surface area contributed by atoms with Gasteiger partial charge in [0.25, 0.3) is 5.56 Å². The molecule has 0 aromatic carbocycles. The number of aromatic amines is 1. The van der Waals surface area contributed by atoms with Crippen molar-refractivity contribution in [2.24, 2.45) is 17.0 Å². The molecular weight excluding hydrogens is 598 g/mol. The Morgan fingerprint density at radius 1 is 1.17 bits per heavy atom. The average molecular weight is 628 g/mol. The molecule has 0 radical (unpaired) electrons. The van der Waals surface area contributed by atoms with E-state index >= 15 is 0 Å². The van der Waals surface area contributed by atoms with Crippen molar-refractivity contribution in [1.82, 2.24) is 14.9 Å². The Kier molecular flexibility index (Phi) is 10.7. The van der Waals surface area contributed by atoms with E-state index in [1.165, 1.54) is 6.92 Å². The lowest BCUT2D eigenvalue weighted by atomic mass is 9.82. The molecule has 1 aromatic heterocycles. The number of hydrogen-bond donors (Lipinski definition) is 6. The van der Waals surface area contributed by atoms with Crippen LogP contribution in [0.5, 0.6) is 0 Å². The Morgan fingerprint density at radius 2 is 1.85 bits per heavy atom. The van der Waals surface area contributed by atoms with Crippen LogP contribution in [0, 0.1) is 11.8 Å². The molecule has 3 heterocycles. The number of azide groups is 1. The molecule has 0 spiro atoms. The van der Waals surface area contributed by atoms with Crippen LogP contribution in [0.25, 0.3) is 10.4 Å². The maximum Gasteiger partial charge on any atom is 0.483 e. The molecule has 230 valence electrons. The molecular formula is C19H30N6O14P2. The van der Waals surface area contributed by atoms with Crippen LogP contribution in [0.4, 0.5) is 0 Å². The molecule has 41 heavy (non-hydrogen) atoms. The molecule has 2 fully saturated rings. The first-order valence-corrected chi connectivity index (χ1v) is 15.0. The van der Waals surface area contributed by atoms with E-state index in [4.69, 9.17) is 19.5 Å². The van der Waals surface area contributed by atoms with E-state index in [1.807, 2.05) is 4.98 Å². The van der Waals surface area contributed by atoms with Gasteiger partial charge >= 0.3 is 21.3 Å². The number of phosphoric ester groups is 2. The summed E-state index contributed by atoms with van der Waals surface area (Å²) >= 11 is 0. The smallest absolute Gasteiger partial charge is 0.387 e. The third-order valence-electron chi connectivity index (χ3n) is 6.59. The van der Waals surface area contributed by atoms with Gasteiger partial charge < -0.3 is 34.8 Å². The van der Waals surface area contributed by atoms with Gasteiger partial charge in [0.1, 0.15) is 18.3 Å². The average Bonchev–Trinajstić information content (AvgIpc) is 3.14. The number of hydrogen-bond acceptors (Lipinski definition) is 13. The largest absolute Gasteiger partial charge is 0.483 e. The first-order valence-electron chi connectivity index (χ1n) is 12.0. The number of carbonyl (C=O) groups is 1. The van der Waals surface area contributed by atoms with Gasteiger partial charge in [-0.05, 0) is 17.4 Å². The molecule has 2 aliphatic rings. The van der Waals surface area contributed by atoms with Crippen molar-refractivity contribution in [1.29, 1.82) is 0 Å². The number of amides is 1. The molecule has 0 saturated carbocycles. The van der Waals surface area contributed by atoms with Crippen LogP contribution in [0.1, 0.15) is 27.0 Å². The SMILES string of the molecule is CC(=O)NC1C(OP(=O)(O)OP(=O)(O)OC[C@H]2O[C@@H](n3ccc(=O)[nH]c3=O)[C@@H](O)C2O)OC(CN=[N+]=[N-])C(C)C1C. The van der Waals surface area contributed by atoms with Crippen LogP contribution in [0.2, 0.25) is 0 Å². The number of carbonyl (C=O) groups excluding carboxylic acids is 1. The summed E-state index contributed by atoms with van der Waals surface area (Å²) in [6.45, 7) is 3.42. The minimum atomic E-state index is -5.47. The van der Waals surface area contributed by atoms with Crippen LogP contribution >= 0.6 is 15.6 Å². The highest BCUT2D eigenvalue weighted by atomic mass is 31.3. The Bertz CT molecular complexity index is 1370. The second-order valence-corrected chi connectivity index (χ2v) is 12.4. The molecule has 0 bridgehead atoms. The summed E-state index contributed by atoms with van der Waals surface area (Å²) < 4.78 is 50.8. The number of aromatic nitrogens is 2. The lowest BCUT2D eigenvalue weighted by Crippen LogP contribution is -2.57. The van der Waals surface area contributed by atoms with Gasteiger partial charge in [-0.2, -0.15) is 4.31 Å². The quantitative estimate of drug-likeness (QED) is 0.0758. The fourth-order valence-electron chi connectivity index (χ4n) is 4.34. The van der Waals surface area contributed by atoms with Crippen LogP contribution < -0.4 is 16.6 Å². The highest BCUT2D eigenvalue weighted by molar-refractivity contribution is 7.61. The van der Waals surface area contributed by atoms with Crippen molar-refractivity contribution in [2.45, 2.75) is 63.7 Å². The van der Waals surface area contributed by atoms with Crippen molar-refractivity contribution in [3.05, 3.63) is 43.5 Å². The van der Waals surface area contributed by atoms with E-state index in [9.17, 15) is 43.5 Å². The zero-order chi connectivity index (χ0) is 30.7. The second-order valence-electron chi connectivity index (χ2n) is 9.38. The molecule has 0 aliphatic carbocycles. The van der Waals surface area contributed by atoms with Crippen LogP contribution in [-0.4, -0.2) is 85.4 Å². The van der Waals surface area contributed by atoms with Crippen LogP contribution in [-0.2, 0) is 36.8 Å². The first kappa shape index (κ1) is 33.1. The Labute approximate surface area is 231 Å². The zero-order valence-corrected chi connectivity index (χ0v) is 23.6. The van der Waals surface area contributed by atoms with Crippen molar-refractivity contribution < 1.29 is 56.8 Å². The van der Waals surface area contributed by atoms with E-state index < -0.39 is 88.3 Å². The molecule has 1 aromatic rings. The van der Waals surface area contributed by atoms with Gasteiger partial charge in [-0.1, -0.05) is 19.0 Å². The summed E-state index contributed by atoms with van der Waals surface area (Å²) in [7, 11) is -10.9. The van der Waals surface area contributed by atoms with Gasteiger partial charge in [-0.15, -0.1) is 0 Å². The van der Waals surface area contributed by atoms with E-state index in [1.54, 1.807) is 13.8 Å². The Hall–Kier alpha value is -2.44. The molecule has 1 amide bonds. The maximum atomic E-state index is 12.7. The normalized spacial score (nSPS) is 34.7. The lowest BCUT2D eigenvalue weighted by molar-refractivity contribution is -0.202. The minimum Gasteiger partial charge on any atom is -0.387 e. The number of H-pyrrole nitrogens is 1. The van der Waals surface area contributed by atoms with Crippen molar-refractivity contribution >= 4 is 21.6 Å². The second kappa shape index (κ2) is 13.2.